The van der Waals surface area contributed by atoms with Gasteiger partial charge < -0.3 is 9.67 Å². The van der Waals surface area contributed by atoms with Gasteiger partial charge in [-0.2, -0.15) is 11.8 Å². The Balaban J connectivity index is 2.88. The van der Waals surface area contributed by atoms with Crippen LogP contribution in [0.5, 0.6) is 0 Å². The highest BCUT2D eigenvalue weighted by atomic mass is 32.2. The van der Waals surface area contributed by atoms with Gasteiger partial charge in [0.05, 0.1) is 11.5 Å². The Morgan fingerprint density at radius 2 is 2.22 bits per heavy atom. The van der Waals surface area contributed by atoms with E-state index in [1.54, 1.807) is 22.5 Å². The molecule has 0 saturated heterocycles. The maximum atomic E-state index is 12.0. The van der Waals surface area contributed by atoms with Crippen LogP contribution in [0.15, 0.2) is 17.2 Å². The highest BCUT2D eigenvalue weighted by molar-refractivity contribution is 7.99. The fraction of sp³-hybridized carbons (Fsp3) is 0.636. The van der Waals surface area contributed by atoms with E-state index in [-0.39, 0.29) is 16.8 Å². The first-order valence-electron chi connectivity index (χ1n) is 5.77. The molecule has 0 aromatic carbocycles. The average Bonchev–Trinajstić information content (AvgIpc) is 2.79. The lowest BCUT2D eigenvalue weighted by Gasteiger charge is -2.09. The molecule has 104 valence electrons. The summed E-state index contributed by atoms with van der Waals surface area (Å²) < 4.78 is 28.4. The average molecular weight is 292 g/mol. The number of hydrogen-bond acceptors (Lipinski definition) is 4. The molecule has 0 spiro atoms. The number of aryl methyl sites for hydroxylation is 1. The molecule has 18 heavy (non-hydrogen) atoms. The molecule has 0 amide bonds. The molecule has 1 rings (SSSR count). The van der Waals surface area contributed by atoms with Gasteiger partial charge in [-0.15, -0.1) is 0 Å². The highest BCUT2D eigenvalue weighted by Crippen LogP contribution is 2.15. The second kappa shape index (κ2) is 6.60. The molecule has 5 nitrogen and oxygen atoms in total. The van der Waals surface area contributed by atoms with Gasteiger partial charge in [-0.3, -0.25) is 0 Å². The van der Waals surface area contributed by atoms with Crippen molar-refractivity contribution in [1.82, 2.24) is 9.29 Å². The number of aliphatic hydroxyl groups excluding tert-OH is 1. The van der Waals surface area contributed by atoms with E-state index in [1.165, 1.54) is 6.07 Å². The number of aliphatic hydroxyl groups is 1. The Bertz CT molecular complexity index is 461. The van der Waals surface area contributed by atoms with E-state index < -0.39 is 10.0 Å². The van der Waals surface area contributed by atoms with Gasteiger partial charge in [-0.1, -0.05) is 6.92 Å². The van der Waals surface area contributed by atoms with Gasteiger partial charge in [0.1, 0.15) is 0 Å². The summed E-state index contributed by atoms with van der Waals surface area (Å²) in [5.41, 5.74) is 0.607. The van der Waals surface area contributed by atoms with E-state index in [1.807, 2.05) is 20.1 Å². The number of thioether (sulfide) groups is 1. The summed E-state index contributed by atoms with van der Waals surface area (Å²) in [5.74, 6) is 0. The first-order valence-corrected chi connectivity index (χ1v) is 8.54. The van der Waals surface area contributed by atoms with E-state index in [2.05, 4.69) is 4.72 Å². The predicted molar refractivity (Wildman–Crippen MR) is 74.2 cm³/mol. The summed E-state index contributed by atoms with van der Waals surface area (Å²) in [6, 6.07) is 1.51. The SMILES string of the molecule is CCn1cc(S(=O)(=O)NCC(C)SC)cc1CO. The van der Waals surface area contributed by atoms with E-state index in [0.717, 1.165) is 0 Å². The number of rotatable bonds is 7. The molecule has 0 fully saturated rings. The summed E-state index contributed by atoms with van der Waals surface area (Å²) in [6.45, 7) is 4.73. The molecular formula is C11H20N2O3S2. The van der Waals surface area contributed by atoms with Crippen molar-refractivity contribution in [2.24, 2.45) is 0 Å². The molecule has 1 atom stereocenters. The third-order valence-corrected chi connectivity index (χ3v) is 5.10. The summed E-state index contributed by atoms with van der Waals surface area (Å²) in [5, 5.41) is 9.37. The molecule has 2 N–H and O–H groups in total. The summed E-state index contributed by atoms with van der Waals surface area (Å²) >= 11 is 1.61. The van der Waals surface area contributed by atoms with Gasteiger partial charge in [0.2, 0.25) is 10.0 Å². The summed E-state index contributed by atoms with van der Waals surface area (Å²) in [4.78, 5) is 0.210. The van der Waals surface area contributed by atoms with Crippen LogP contribution >= 0.6 is 11.8 Å². The minimum atomic E-state index is -3.48. The zero-order valence-electron chi connectivity index (χ0n) is 10.9. The van der Waals surface area contributed by atoms with Gasteiger partial charge in [-0.05, 0) is 19.2 Å². The number of nitrogens with zero attached hydrogens (tertiary/aromatic N) is 1. The molecule has 0 saturated carbocycles. The van der Waals surface area contributed by atoms with Gasteiger partial charge in [0, 0.05) is 30.2 Å². The van der Waals surface area contributed by atoms with Crippen LogP contribution in [-0.2, 0) is 23.2 Å². The molecule has 7 heteroatoms. The number of nitrogens with one attached hydrogen (secondary N) is 1. The first-order chi connectivity index (χ1) is 8.44. The van der Waals surface area contributed by atoms with Crippen molar-refractivity contribution >= 4 is 21.8 Å². The molecule has 0 bridgehead atoms. The van der Waals surface area contributed by atoms with Crippen LogP contribution < -0.4 is 4.72 Å². The first kappa shape index (κ1) is 15.6. The lowest BCUT2D eigenvalue weighted by atomic mass is 10.4. The summed E-state index contributed by atoms with van der Waals surface area (Å²) in [7, 11) is -3.48. The van der Waals surface area contributed by atoms with Crippen LogP contribution in [0.25, 0.3) is 0 Å². The quantitative estimate of drug-likeness (QED) is 0.787. The Hall–Kier alpha value is -0.500. The smallest absolute Gasteiger partial charge is 0.242 e. The lowest BCUT2D eigenvalue weighted by molar-refractivity contribution is 0.271. The molecule has 1 heterocycles. The topological polar surface area (TPSA) is 71.3 Å². The molecule has 1 unspecified atom stereocenters. The van der Waals surface area contributed by atoms with Gasteiger partial charge >= 0.3 is 0 Å². The molecule has 0 aliphatic heterocycles. The number of aromatic nitrogens is 1. The van der Waals surface area contributed by atoms with Crippen molar-refractivity contribution in [3.8, 4) is 0 Å². The number of hydrogen-bond donors (Lipinski definition) is 2. The normalized spacial score (nSPS) is 13.8. The Labute approximate surface area is 113 Å². The number of sulfonamides is 1. The predicted octanol–water partition coefficient (Wildman–Crippen LogP) is 1.03. The van der Waals surface area contributed by atoms with Crippen LogP contribution in [-0.4, -0.2) is 36.1 Å². The third kappa shape index (κ3) is 3.74. The van der Waals surface area contributed by atoms with Crippen molar-refractivity contribution in [3.63, 3.8) is 0 Å². The van der Waals surface area contributed by atoms with Crippen LogP contribution in [0.4, 0.5) is 0 Å². The van der Waals surface area contributed by atoms with Gasteiger partial charge in [-0.25, -0.2) is 13.1 Å². The van der Waals surface area contributed by atoms with Gasteiger partial charge in [0.15, 0.2) is 0 Å². The molecule has 0 aliphatic rings. The van der Waals surface area contributed by atoms with Crippen LogP contribution in [0.2, 0.25) is 0 Å². The Morgan fingerprint density at radius 1 is 1.56 bits per heavy atom. The van der Waals surface area contributed by atoms with Crippen LogP contribution in [0.3, 0.4) is 0 Å². The molecule has 1 aromatic rings. The Morgan fingerprint density at radius 3 is 2.67 bits per heavy atom. The molecular weight excluding hydrogens is 272 g/mol. The van der Waals surface area contributed by atoms with E-state index in [0.29, 0.717) is 18.8 Å². The Kier molecular flexibility index (Phi) is 5.71. The van der Waals surface area contributed by atoms with E-state index >= 15 is 0 Å². The maximum absolute atomic E-state index is 12.0. The zero-order valence-corrected chi connectivity index (χ0v) is 12.5. The molecule has 1 aromatic heterocycles. The maximum Gasteiger partial charge on any atom is 0.242 e. The minimum absolute atomic E-state index is 0.162. The standard InChI is InChI=1S/C11H20N2O3S2/c1-4-13-7-11(5-10(13)8-14)18(15,16)12-6-9(2)17-3/h5,7,9,12,14H,4,6,8H2,1-3H3. The largest absolute Gasteiger partial charge is 0.390 e. The fourth-order valence-corrected chi connectivity index (χ4v) is 3.04. The van der Waals surface area contributed by atoms with Crippen LogP contribution in [0, 0.1) is 0 Å². The van der Waals surface area contributed by atoms with E-state index in [9.17, 15) is 8.42 Å². The highest BCUT2D eigenvalue weighted by Gasteiger charge is 2.18. The van der Waals surface area contributed by atoms with Crippen molar-refractivity contribution in [1.29, 1.82) is 0 Å². The second-order valence-electron chi connectivity index (χ2n) is 4.01. The summed E-state index contributed by atoms with van der Waals surface area (Å²) in [6.07, 6.45) is 3.49. The third-order valence-electron chi connectivity index (χ3n) is 2.74. The van der Waals surface area contributed by atoms with Crippen molar-refractivity contribution in [2.45, 2.75) is 37.1 Å². The van der Waals surface area contributed by atoms with E-state index in [4.69, 9.17) is 5.11 Å². The van der Waals surface area contributed by atoms with Gasteiger partial charge in [0.25, 0.3) is 0 Å². The second-order valence-corrected chi connectivity index (χ2v) is 7.05. The molecule has 0 radical (unpaired) electrons. The monoisotopic (exact) mass is 292 g/mol. The van der Waals surface area contributed by atoms with Crippen molar-refractivity contribution in [2.75, 3.05) is 12.8 Å². The minimum Gasteiger partial charge on any atom is -0.390 e. The van der Waals surface area contributed by atoms with Crippen molar-refractivity contribution < 1.29 is 13.5 Å². The molecule has 0 aliphatic carbocycles. The zero-order chi connectivity index (χ0) is 13.8. The van der Waals surface area contributed by atoms with Crippen LogP contribution in [0.1, 0.15) is 19.5 Å². The van der Waals surface area contributed by atoms with Crippen molar-refractivity contribution in [3.05, 3.63) is 18.0 Å². The fourth-order valence-electron chi connectivity index (χ4n) is 1.49. The lowest BCUT2D eigenvalue weighted by Crippen LogP contribution is -2.29.